The number of nitrogens with zero attached hydrogens (tertiary/aromatic N) is 3. The minimum absolute atomic E-state index is 0.0712. The third-order valence-corrected chi connectivity index (χ3v) is 5.56. The van der Waals surface area contributed by atoms with Gasteiger partial charge in [-0.25, -0.2) is 4.79 Å². The summed E-state index contributed by atoms with van der Waals surface area (Å²) >= 11 is 5.62. The molecule has 1 aromatic carbocycles. The van der Waals surface area contributed by atoms with Gasteiger partial charge in [-0.1, -0.05) is 12.1 Å². The maximum atomic E-state index is 11.4. The molecule has 30 heavy (non-hydrogen) atoms. The second-order valence-electron chi connectivity index (χ2n) is 7.06. The van der Waals surface area contributed by atoms with Crippen LogP contribution in [0.15, 0.2) is 67.0 Å². The molecule has 3 N–H and O–H groups in total. The summed E-state index contributed by atoms with van der Waals surface area (Å²) in [7, 11) is 0. The van der Waals surface area contributed by atoms with E-state index in [0.717, 1.165) is 17.1 Å². The molecule has 0 amide bonds. The second kappa shape index (κ2) is 8.64. The molecule has 0 radical (unpaired) electrons. The van der Waals surface area contributed by atoms with Crippen LogP contribution in [0.1, 0.15) is 40.3 Å². The number of thiocarbonyl (C=S) groups is 1. The standard InChI is InChI=1S/C22H22N4O3S/c27-13-5-12-26-20(19(24-22(26)30)17-8-1-2-10-23-17)18-9-4-11-25(18)16-7-3-6-15(14-16)21(28)29/h1-4,6-11,14,19-20,27H,5,12-13H2,(H,24,30)(H,28,29)/t19-,20-/m0/s1. The van der Waals surface area contributed by atoms with E-state index < -0.39 is 5.97 Å². The summed E-state index contributed by atoms with van der Waals surface area (Å²) in [5.74, 6) is -0.967. The van der Waals surface area contributed by atoms with Crippen molar-refractivity contribution >= 4 is 23.3 Å². The van der Waals surface area contributed by atoms with Gasteiger partial charge >= 0.3 is 5.97 Å². The molecule has 1 aliphatic rings. The summed E-state index contributed by atoms with van der Waals surface area (Å²) in [5.41, 5.74) is 2.81. The zero-order valence-corrected chi connectivity index (χ0v) is 17.0. The third-order valence-electron chi connectivity index (χ3n) is 5.21. The molecule has 7 nitrogen and oxygen atoms in total. The van der Waals surface area contributed by atoms with Gasteiger partial charge in [0.2, 0.25) is 0 Å². The Morgan fingerprint density at radius 2 is 2.03 bits per heavy atom. The Morgan fingerprint density at radius 1 is 1.17 bits per heavy atom. The van der Waals surface area contributed by atoms with Crippen LogP contribution in [-0.2, 0) is 0 Å². The maximum Gasteiger partial charge on any atom is 0.335 e. The quantitative estimate of drug-likeness (QED) is 0.504. The number of benzene rings is 1. The Bertz CT molecular complexity index is 1050. The minimum atomic E-state index is -0.967. The molecule has 2 aromatic heterocycles. The van der Waals surface area contributed by atoms with Gasteiger partial charge in [-0.3, -0.25) is 4.98 Å². The number of hydrogen-bond acceptors (Lipinski definition) is 4. The molecule has 0 bridgehead atoms. The lowest BCUT2D eigenvalue weighted by molar-refractivity contribution is 0.0697. The summed E-state index contributed by atoms with van der Waals surface area (Å²) in [6, 6.07) is 16.2. The van der Waals surface area contributed by atoms with E-state index in [1.807, 2.05) is 47.2 Å². The Balaban J connectivity index is 1.79. The van der Waals surface area contributed by atoms with E-state index in [1.54, 1.807) is 24.4 Å². The number of carbonyl (C=O) groups is 1. The number of carboxylic acid groups (broad SMARTS) is 1. The molecule has 3 aromatic rings. The summed E-state index contributed by atoms with van der Waals surface area (Å²) in [4.78, 5) is 18.0. The predicted molar refractivity (Wildman–Crippen MR) is 117 cm³/mol. The highest BCUT2D eigenvalue weighted by atomic mass is 32.1. The number of carboxylic acids is 1. The van der Waals surface area contributed by atoms with Crippen molar-refractivity contribution in [2.45, 2.75) is 18.5 Å². The topological polar surface area (TPSA) is 90.6 Å². The van der Waals surface area contributed by atoms with Crippen LogP contribution >= 0.6 is 12.2 Å². The minimum Gasteiger partial charge on any atom is -0.478 e. The SMILES string of the molecule is O=C(O)c1cccc(-n2cccc2[C@H]2[C@H](c3ccccn3)NC(=S)N2CCCO)c1. The number of hydrogen-bond donors (Lipinski definition) is 3. The first-order valence-electron chi connectivity index (χ1n) is 9.70. The zero-order chi connectivity index (χ0) is 21.1. The second-order valence-corrected chi connectivity index (χ2v) is 7.44. The number of aliphatic hydroxyl groups is 1. The molecular weight excluding hydrogens is 400 g/mol. The first-order valence-corrected chi connectivity index (χ1v) is 10.1. The predicted octanol–water partition coefficient (Wildman–Crippen LogP) is 2.93. The summed E-state index contributed by atoms with van der Waals surface area (Å²) in [5, 5.41) is 22.7. The Hall–Kier alpha value is -3.23. The number of aromatic carboxylic acids is 1. The lowest BCUT2D eigenvalue weighted by Gasteiger charge is -2.28. The van der Waals surface area contributed by atoms with Crippen molar-refractivity contribution in [3.8, 4) is 5.69 Å². The number of nitrogens with one attached hydrogen (secondary N) is 1. The molecule has 4 rings (SSSR count). The van der Waals surface area contributed by atoms with E-state index in [0.29, 0.717) is 18.1 Å². The normalized spacial score (nSPS) is 18.4. The average molecular weight is 423 g/mol. The van der Waals surface area contributed by atoms with Crippen molar-refractivity contribution < 1.29 is 15.0 Å². The molecule has 1 fully saturated rings. The van der Waals surface area contributed by atoms with Gasteiger partial charge in [0, 0.05) is 36.9 Å². The van der Waals surface area contributed by atoms with Gasteiger partial charge in [-0.05, 0) is 61.1 Å². The van der Waals surface area contributed by atoms with Crippen molar-refractivity contribution in [3.63, 3.8) is 0 Å². The van der Waals surface area contributed by atoms with Crippen molar-refractivity contribution in [3.05, 3.63) is 83.9 Å². The smallest absolute Gasteiger partial charge is 0.335 e. The Morgan fingerprint density at radius 3 is 2.77 bits per heavy atom. The first kappa shape index (κ1) is 20.1. The third kappa shape index (κ3) is 3.79. The van der Waals surface area contributed by atoms with Crippen molar-refractivity contribution in [2.75, 3.05) is 13.2 Å². The highest BCUT2D eigenvalue weighted by Crippen LogP contribution is 2.39. The largest absolute Gasteiger partial charge is 0.478 e. The molecule has 154 valence electrons. The molecule has 0 spiro atoms. The lowest BCUT2D eigenvalue weighted by Crippen LogP contribution is -2.31. The highest BCUT2D eigenvalue weighted by Gasteiger charge is 2.40. The fourth-order valence-corrected chi connectivity index (χ4v) is 4.20. The van der Waals surface area contributed by atoms with Gasteiger partial charge in [0.1, 0.15) is 0 Å². The molecule has 2 atom stereocenters. The molecule has 3 heterocycles. The van der Waals surface area contributed by atoms with Gasteiger partial charge < -0.3 is 25.0 Å². The van der Waals surface area contributed by atoms with Gasteiger partial charge in [0.25, 0.3) is 0 Å². The Kier molecular flexibility index (Phi) is 5.78. The van der Waals surface area contributed by atoms with Gasteiger partial charge in [0.05, 0.1) is 23.3 Å². The molecule has 8 heteroatoms. The van der Waals surface area contributed by atoms with E-state index in [4.69, 9.17) is 12.2 Å². The first-order chi connectivity index (χ1) is 14.6. The van der Waals surface area contributed by atoms with Crippen LogP contribution in [0.4, 0.5) is 0 Å². The highest BCUT2D eigenvalue weighted by molar-refractivity contribution is 7.80. The van der Waals surface area contributed by atoms with E-state index >= 15 is 0 Å². The summed E-state index contributed by atoms with van der Waals surface area (Å²) in [6.07, 6.45) is 4.25. The van der Waals surface area contributed by atoms with E-state index in [9.17, 15) is 15.0 Å². The van der Waals surface area contributed by atoms with Crippen molar-refractivity contribution in [1.29, 1.82) is 0 Å². The number of rotatable bonds is 7. The summed E-state index contributed by atoms with van der Waals surface area (Å²) in [6.45, 7) is 0.665. The van der Waals surface area contributed by atoms with E-state index in [1.165, 1.54) is 0 Å². The lowest BCUT2D eigenvalue weighted by atomic mass is 10.0. The molecule has 1 aliphatic heterocycles. The van der Waals surface area contributed by atoms with Crippen LogP contribution < -0.4 is 5.32 Å². The van der Waals surface area contributed by atoms with Crippen LogP contribution in [0.2, 0.25) is 0 Å². The number of aromatic nitrogens is 2. The number of aliphatic hydroxyl groups excluding tert-OH is 1. The van der Waals surface area contributed by atoms with Gasteiger partial charge in [-0.2, -0.15) is 0 Å². The van der Waals surface area contributed by atoms with Gasteiger partial charge in [0.15, 0.2) is 5.11 Å². The van der Waals surface area contributed by atoms with Crippen LogP contribution in [0, 0.1) is 0 Å². The maximum absolute atomic E-state index is 11.4. The molecular formula is C22H22N4O3S. The van der Waals surface area contributed by atoms with E-state index in [2.05, 4.69) is 15.2 Å². The van der Waals surface area contributed by atoms with Crippen LogP contribution in [0.25, 0.3) is 5.69 Å². The van der Waals surface area contributed by atoms with Crippen LogP contribution in [-0.4, -0.2) is 48.9 Å². The molecule has 1 saturated heterocycles. The zero-order valence-electron chi connectivity index (χ0n) is 16.2. The van der Waals surface area contributed by atoms with Crippen LogP contribution in [0.3, 0.4) is 0 Å². The summed E-state index contributed by atoms with van der Waals surface area (Å²) < 4.78 is 1.98. The Labute approximate surface area is 179 Å². The molecule has 0 unspecified atom stereocenters. The fraction of sp³-hybridized carbons (Fsp3) is 0.227. The molecule has 0 aliphatic carbocycles. The fourth-order valence-electron chi connectivity index (χ4n) is 3.87. The van der Waals surface area contributed by atoms with Crippen molar-refractivity contribution in [2.24, 2.45) is 0 Å². The van der Waals surface area contributed by atoms with Gasteiger partial charge in [-0.15, -0.1) is 0 Å². The van der Waals surface area contributed by atoms with Crippen LogP contribution in [0.5, 0.6) is 0 Å². The monoisotopic (exact) mass is 422 g/mol. The molecule has 0 saturated carbocycles. The number of pyridine rings is 1. The van der Waals surface area contributed by atoms with Crippen molar-refractivity contribution in [1.82, 2.24) is 19.8 Å². The van der Waals surface area contributed by atoms with E-state index in [-0.39, 0.29) is 24.3 Å². The average Bonchev–Trinajstić information content (AvgIpc) is 3.37.